The number of Topliss-reactive ketones (excluding diaryl/α,β-unsaturated/α-hetero) is 1. The Balaban J connectivity index is 0.000000192. The molecule has 10 nitrogen and oxygen atoms in total. The van der Waals surface area contributed by atoms with E-state index in [9.17, 15) is 14.7 Å². The van der Waals surface area contributed by atoms with Crippen LogP contribution in [-0.4, -0.2) is 136 Å². The van der Waals surface area contributed by atoms with Crippen LogP contribution in [0.3, 0.4) is 0 Å². The first-order chi connectivity index (χ1) is 32.2. The topological polar surface area (TPSA) is 89.1 Å². The summed E-state index contributed by atoms with van der Waals surface area (Å²) < 4.78 is 12.5. The number of carbonyl (C=O) groups excluding carboxylic acids is 2. The number of anilines is 4. The zero-order chi connectivity index (χ0) is 47.6. The van der Waals surface area contributed by atoms with Crippen molar-refractivity contribution >= 4 is 82.8 Å². The summed E-state index contributed by atoms with van der Waals surface area (Å²) in [6.45, 7) is 8.08. The lowest BCUT2D eigenvalue weighted by molar-refractivity contribution is -0.938. The number of morpholine rings is 1. The second-order valence-corrected chi connectivity index (χ2v) is 21.6. The van der Waals surface area contributed by atoms with E-state index in [2.05, 4.69) is 161 Å². The van der Waals surface area contributed by atoms with Crippen LogP contribution >= 0.6 is 48.3 Å². The van der Waals surface area contributed by atoms with E-state index < -0.39 is 5.92 Å². The van der Waals surface area contributed by atoms with Crippen molar-refractivity contribution < 1.29 is 45.6 Å². The van der Waals surface area contributed by atoms with Gasteiger partial charge in [0.2, 0.25) is 0 Å². The number of aliphatic hydroxyl groups excluding tert-OH is 1. The second kappa shape index (κ2) is 24.9. The number of hydrogen-bond donors (Lipinski definition) is 1. The predicted molar refractivity (Wildman–Crippen MR) is 287 cm³/mol. The highest BCUT2D eigenvalue weighted by molar-refractivity contribution is 8.00. The number of piperidine rings is 1. The maximum atomic E-state index is 12.5. The van der Waals surface area contributed by atoms with Crippen LogP contribution in [0.25, 0.3) is 0 Å². The number of benzene rings is 5. The van der Waals surface area contributed by atoms with Crippen LogP contribution in [0.1, 0.15) is 61.9 Å². The summed E-state index contributed by atoms with van der Waals surface area (Å²) in [5, 5.41) is 9.60. The van der Waals surface area contributed by atoms with Gasteiger partial charge in [0.1, 0.15) is 36.3 Å². The van der Waals surface area contributed by atoms with E-state index in [-0.39, 0.29) is 66.3 Å². The number of para-hydroxylation sites is 3. The van der Waals surface area contributed by atoms with E-state index in [1.54, 1.807) is 11.8 Å². The third-order valence-electron chi connectivity index (χ3n) is 14.4. The lowest BCUT2D eigenvalue weighted by Crippen LogP contribution is -3.00. The van der Waals surface area contributed by atoms with Crippen LogP contribution in [0.2, 0.25) is 0 Å². The van der Waals surface area contributed by atoms with Gasteiger partial charge in [0.05, 0.1) is 43.5 Å². The quantitative estimate of drug-likeness (QED) is 0.0572. The van der Waals surface area contributed by atoms with Gasteiger partial charge in [-0.05, 0) is 96.1 Å². The minimum atomic E-state index is -0.593. The number of epoxide rings is 1. The summed E-state index contributed by atoms with van der Waals surface area (Å²) in [6.07, 6.45) is 2.88. The van der Waals surface area contributed by atoms with Crippen molar-refractivity contribution in [2.45, 2.75) is 108 Å². The number of likely N-dealkylation sites (N-methyl/N-ethyl adjacent to an activating group) is 3. The Kier molecular flexibility index (Phi) is 20.4. The van der Waals surface area contributed by atoms with Crippen molar-refractivity contribution in [1.82, 2.24) is 9.80 Å². The van der Waals surface area contributed by atoms with Gasteiger partial charge in [-0.25, -0.2) is 0 Å². The first-order valence-electron chi connectivity index (χ1n) is 23.7. The van der Waals surface area contributed by atoms with Gasteiger partial charge >= 0.3 is 5.97 Å². The SMILES string of the molecule is CC(CN1c2ccccc2Sc2ccccc21)N(C)C.CCC(=O)c1ccc2c(c1)N(CC(C)N(C)C)c1ccccc1S2.C[N+]1(C)[C@@H]2C[C@@H](OC(=O)[C@H](CO)c3ccccc3)C[C@H]1[C@@H]1O[C@@H]12.Cl.Cl.[Br-]. The fourth-order valence-electron chi connectivity index (χ4n) is 9.79. The maximum Gasteiger partial charge on any atom is 0.316 e. The lowest BCUT2D eigenvalue weighted by Gasteiger charge is -2.45. The number of ketones is 1. The molecule has 2 bridgehead atoms. The standard InChI is InChI=1S/C20H24N2OS.C18H24NO4.C17H20N2S.BrH.2ClH/c1-5-18(23)15-10-11-20-17(12-15)22(13-14(2)21(3)4)16-8-6-7-9-19(16)24-20;1-19(2)14-8-12(9-15(19)17-16(14)23-17)22-18(21)13(10-20)11-6-4-3-5-7-11;1-13(18(2)3)12-19-14-8-4-6-10-16(14)20-17-11-7-5-9-15(17)19;;;/h6-12,14H,5,13H2,1-4H3;3-7,12-17,20H,8-10H2,1-2H3;4-11,13H,12H2,1-3H3;3*1H/q;+1;;;;/p-1/t;12-,13-,14-,15+,16-,17+;;;;/m.1..../s1. The Labute approximate surface area is 447 Å². The summed E-state index contributed by atoms with van der Waals surface area (Å²) in [4.78, 5) is 39.1. The van der Waals surface area contributed by atoms with Crippen molar-refractivity contribution in [3.63, 3.8) is 0 Å². The van der Waals surface area contributed by atoms with Crippen molar-refractivity contribution in [3.05, 3.63) is 132 Å². The molecule has 5 heterocycles. The molecule has 1 N–H and O–H groups in total. The summed E-state index contributed by atoms with van der Waals surface area (Å²) >= 11 is 3.65. The molecule has 0 radical (unpaired) electrons. The molecule has 5 aliphatic rings. The average Bonchev–Trinajstić information content (AvgIpc) is 4.11. The van der Waals surface area contributed by atoms with Crippen molar-refractivity contribution in [1.29, 1.82) is 0 Å². The minimum absolute atomic E-state index is 0. The Morgan fingerprint density at radius 2 is 1.11 bits per heavy atom. The maximum absolute atomic E-state index is 12.5. The zero-order valence-electron chi connectivity index (χ0n) is 41.7. The third-order valence-corrected chi connectivity index (χ3v) is 16.7. The monoisotopic (exact) mass is 1090 g/mol. The Morgan fingerprint density at radius 3 is 1.56 bits per heavy atom. The lowest BCUT2D eigenvalue weighted by atomic mass is 9.95. The van der Waals surface area contributed by atoms with Gasteiger partial charge in [-0.3, -0.25) is 9.59 Å². The van der Waals surface area contributed by atoms with Crippen LogP contribution in [0.5, 0.6) is 0 Å². The number of aliphatic hydroxyl groups is 1. The summed E-state index contributed by atoms with van der Waals surface area (Å²) in [5.41, 5.74) is 6.63. The van der Waals surface area contributed by atoms with Crippen molar-refractivity contribution in [2.24, 2.45) is 0 Å². The molecule has 15 heteroatoms. The van der Waals surface area contributed by atoms with Gasteiger partial charge in [0.15, 0.2) is 5.78 Å². The van der Waals surface area contributed by atoms with Gasteiger partial charge in [0.25, 0.3) is 0 Å². The number of hydrogen-bond acceptors (Lipinski definition) is 11. The number of nitrogens with zero attached hydrogens (tertiary/aromatic N) is 5. The number of ether oxygens (including phenoxy) is 2. The molecule has 3 saturated heterocycles. The Bertz CT molecular complexity index is 2480. The normalized spacial score (nSPS) is 21.6. The van der Waals surface area contributed by atoms with Crippen LogP contribution in [0, 0.1) is 0 Å². The van der Waals surface area contributed by atoms with Gasteiger partial charge < -0.3 is 55.6 Å². The van der Waals surface area contributed by atoms with Gasteiger partial charge in [-0.15, -0.1) is 24.8 Å². The van der Waals surface area contributed by atoms with E-state index in [0.717, 1.165) is 47.2 Å². The zero-order valence-corrected chi connectivity index (χ0v) is 46.6. The molecule has 0 amide bonds. The average molecular weight is 1100 g/mol. The fourth-order valence-corrected chi connectivity index (χ4v) is 12.0. The van der Waals surface area contributed by atoms with E-state index >= 15 is 0 Å². The highest BCUT2D eigenvalue weighted by Gasteiger charge is 2.70. The Morgan fingerprint density at radius 1 is 0.686 bits per heavy atom. The van der Waals surface area contributed by atoms with E-state index in [4.69, 9.17) is 9.47 Å². The highest BCUT2D eigenvalue weighted by Crippen LogP contribution is 2.52. The number of rotatable bonds is 12. The molecule has 5 aromatic rings. The van der Waals surface area contributed by atoms with E-state index in [0.29, 0.717) is 42.8 Å². The second-order valence-electron chi connectivity index (χ2n) is 19.4. The summed E-state index contributed by atoms with van der Waals surface area (Å²) in [6, 6.07) is 43.1. The molecule has 5 aliphatic heterocycles. The molecule has 0 aliphatic carbocycles. The molecule has 378 valence electrons. The van der Waals surface area contributed by atoms with Gasteiger partial charge in [-0.1, -0.05) is 103 Å². The molecular formula is C55H70BrCl2N5O5S2. The summed E-state index contributed by atoms with van der Waals surface area (Å²) in [7, 11) is 13.0. The van der Waals surface area contributed by atoms with Crippen LogP contribution in [0.4, 0.5) is 22.7 Å². The van der Waals surface area contributed by atoms with Crippen LogP contribution in [0.15, 0.2) is 141 Å². The largest absolute Gasteiger partial charge is 1.00 e. The molecule has 0 saturated carbocycles. The van der Waals surface area contributed by atoms with E-state index in [1.807, 2.05) is 55.1 Å². The summed E-state index contributed by atoms with van der Waals surface area (Å²) in [5.74, 6) is -0.712. The first kappa shape index (κ1) is 57.3. The molecule has 70 heavy (non-hydrogen) atoms. The predicted octanol–water partition coefficient (Wildman–Crippen LogP) is 7.98. The van der Waals surface area contributed by atoms with Gasteiger partial charge in [0, 0.05) is 69.6 Å². The first-order valence-corrected chi connectivity index (χ1v) is 25.4. The minimum Gasteiger partial charge on any atom is -1.00 e. The molecule has 8 atom stereocenters. The van der Waals surface area contributed by atoms with Crippen LogP contribution < -0.4 is 26.8 Å². The smallest absolute Gasteiger partial charge is 0.316 e. The molecule has 2 unspecified atom stereocenters. The number of esters is 1. The number of halogens is 3. The van der Waals surface area contributed by atoms with Crippen LogP contribution in [-0.2, 0) is 14.3 Å². The Hall–Kier alpha value is -3.60. The van der Waals surface area contributed by atoms with E-state index in [1.165, 1.54) is 36.6 Å². The van der Waals surface area contributed by atoms with Gasteiger partial charge in [-0.2, -0.15) is 0 Å². The van der Waals surface area contributed by atoms with Crippen molar-refractivity contribution in [3.8, 4) is 0 Å². The molecule has 3 fully saturated rings. The molecular weight excluding hydrogens is 1030 g/mol. The molecule has 0 spiro atoms. The number of carbonyl (C=O) groups is 2. The molecule has 0 aromatic heterocycles. The van der Waals surface area contributed by atoms with Crippen molar-refractivity contribution in [2.75, 3.05) is 71.8 Å². The number of fused-ring (bicyclic) bond motifs is 9. The number of quaternary nitrogens is 1. The highest BCUT2D eigenvalue weighted by atomic mass is 79.9. The fraction of sp³-hybridized carbons (Fsp3) is 0.418. The third kappa shape index (κ3) is 12.4. The molecule has 10 rings (SSSR count). The molecule has 5 aromatic carbocycles.